The second-order valence-corrected chi connectivity index (χ2v) is 7.97. The molecule has 23 heavy (non-hydrogen) atoms. The SMILES string of the molecule is O=C(Nc1cccc2ccccc12)C1C2CC3CC(C2)CC1C3. The number of carbonyl (C=O) groups excluding carboxylic acids is 1. The fourth-order valence-corrected chi connectivity index (χ4v) is 5.90. The number of benzene rings is 2. The Hall–Kier alpha value is -1.83. The van der Waals surface area contributed by atoms with Crippen LogP contribution in [0.3, 0.4) is 0 Å². The number of hydrogen-bond acceptors (Lipinski definition) is 1. The molecule has 0 unspecified atom stereocenters. The van der Waals surface area contributed by atoms with Gasteiger partial charge in [-0.15, -0.1) is 0 Å². The van der Waals surface area contributed by atoms with Gasteiger partial charge in [-0.25, -0.2) is 0 Å². The van der Waals surface area contributed by atoms with Crippen molar-refractivity contribution >= 4 is 22.4 Å². The summed E-state index contributed by atoms with van der Waals surface area (Å²) in [5, 5.41) is 5.61. The van der Waals surface area contributed by atoms with Crippen molar-refractivity contribution < 1.29 is 4.79 Å². The number of fused-ring (bicyclic) bond motifs is 1. The molecule has 0 heterocycles. The molecule has 0 atom stereocenters. The van der Waals surface area contributed by atoms with E-state index in [-0.39, 0.29) is 11.8 Å². The van der Waals surface area contributed by atoms with Crippen LogP contribution >= 0.6 is 0 Å². The molecular formula is C21H23NO. The van der Waals surface area contributed by atoms with E-state index in [9.17, 15) is 4.79 Å². The molecule has 4 saturated carbocycles. The van der Waals surface area contributed by atoms with E-state index < -0.39 is 0 Å². The van der Waals surface area contributed by atoms with E-state index >= 15 is 0 Å². The normalized spacial score (nSPS) is 34.7. The minimum Gasteiger partial charge on any atom is -0.325 e. The van der Waals surface area contributed by atoms with Crippen molar-refractivity contribution in [1.82, 2.24) is 0 Å². The van der Waals surface area contributed by atoms with Crippen molar-refractivity contribution in [3.05, 3.63) is 42.5 Å². The van der Waals surface area contributed by atoms with Crippen LogP contribution in [0, 0.1) is 29.6 Å². The van der Waals surface area contributed by atoms with Gasteiger partial charge in [0, 0.05) is 17.0 Å². The smallest absolute Gasteiger partial charge is 0.228 e. The second-order valence-electron chi connectivity index (χ2n) is 7.97. The first kappa shape index (κ1) is 13.6. The number of rotatable bonds is 2. The maximum absolute atomic E-state index is 13.0. The minimum atomic E-state index is 0.252. The van der Waals surface area contributed by atoms with Gasteiger partial charge in [0.1, 0.15) is 0 Å². The topological polar surface area (TPSA) is 29.1 Å². The molecule has 1 amide bonds. The van der Waals surface area contributed by atoms with Gasteiger partial charge in [0.15, 0.2) is 0 Å². The lowest BCUT2D eigenvalue weighted by molar-refractivity contribution is -0.132. The number of nitrogens with one attached hydrogen (secondary N) is 1. The summed E-state index contributed by atoms with van der Waals surface area (Å²) < 4.78 is 0. The number of hydrogen-bond donors (Lipinski definition) is 1. The molecular weight excluding hydrogens is 282 g/mol. The zero-order chi connectivity index (χ0) is 15.4. The molecule has 4 fully saturated rings. The Kier molecular flexibility index (Phi) is 3.01. The van der Waals surface area contributed by atoms with Crippen molar-refractivity contribution in [1.29, 1.82) is 0 Å². The lowest BCUT2D eigenvalue weighted by atomic mass is 9.51. The van der Waals surface area contributed by atoms with Crippen LogP contribution in [0.2, 0.25) is 0 Å². The highest BCUT2D eigenvalue weighted by Gasteiger charge is 2.50. The Morgan fingerprint density at radius 2 is 1.48 bits per heavy atom. The Morgan fingerprint density at radius 3 is 2.22 bits per heavy atom. The van der Waals surface area contributed by atoms with Crippen LogP contribution in [-0.4, -0.2) is 5.91 Å². The number of anilines is 1. The summed E-state index contributed by atoms with van der Waals surface area (Å²) in [5.41, 5.74) is 0.974. The highest BCUT2D eigenvalue weighted by molar-refractivity contribution is 6.03. The van der Waals surface area contributed by atoms with Crippen LogP contribution in [-0.2, 0) is 4.79 Å². The summed E-state index contributed by atoms with van der Waals surface area (Å²) >= 11 is 0. The molecule has 0 spiro atoms. The lowest BCUT2D eigenvalue weighted by Crippen LogP contribution is -2.49. The minimum absolute atomic E-state index is 0.252. The fraction of sp³-hybridized carbons (Fsp3) is 0.476. The molecule has 4 bridgehead atoms. The van der Waals surface area contributed by atoms with E-state index in [1.54, 1.807) is 0 Å². The molecule has 2 nitrogen and oxygen atoms in total. The summed E-state index contributed by atoms with van der Waals surface area (Å²) in [7, 11) is 0. The Bertz CT molecular complexity index is 732. The molecule has 0 aromatic heterocycles. The molecule has 0 aliphatic heterocycles. The summed E-state index contributed by atoms with van der Waals surface area (Å²) in [5.74, 6) is 3.64. The summed E-state index contributed by atoms with van der Waals surface area (Å²) in [6.45, 7) is 0. The molecule has 118 valence electrons. The van der Waals surface area contributed by atoms with Gasteiger partial charge in [-0.2, -0.15) is 0 Å². The second kappa shape index (κ2) is 5.09. The maximum Gasteiger partial charge on any atom is 0.228 e. The van der Waals surface area contributed by atoms with Crippen LogP contribution in [0.5, 0.6) is 0 Å². The largest absolute Gasteiger partial charge is 0.325 e. The lowest BCUT2D eigenvalue weighted by Gasteiger charge is -2.53. The van der Waals surface area contributed by atoms with E-state index in [0.717, 1.165) is 22.9 Å². The summed E-state index contributed by atoms with van der Waals surface area (Å²) in [4.78, 5) is 13.0. The van der Waals surface area contributed by atoms with Crippen LogP contribution in [0.1, 0.15) is 32.1 Å². The zero-order valence-corrected chi connectivity index (χ0v) is 13.4. The Morgan fingerprint density at radius 1 is 0.826 bits per heavy atom. The van der Waals surface area contributed by atoms with Crippen molar-refractivity contribution in [3.8, 4) is 0 Å². The maximum atomic E-state index is 13.0. The fourth-order valence-electron chi connectivity index (χ4n) is 5.90. The summed E-state index contributed by atoms with van der Waals surface area (Å²) in [6.07, 6.45) is 6.60. The van der Waals surface area contributed by atoms with Gasteiger partial charge >= 0.3 is 0 Å². The van der Waals surface area contributed by atoms with Crippen molar-refractivity contribution in [3.63, 3.8) is 0 Å². The Balaban J connectivity index is 1.43. The predicted molar refractivity (Wildman–Crippen MR) is 93.1 cm³/mol. The highest BCUT2D eigenvalue weighted by Crippen LogP contribution is 2.56. The standard InChI is InChI=1S/C21H23NO/c23-21(20-16-9-13-8-14(11-16)12-17(20)10-13)22-19-7-3-5-15-4-1-2-6-18(15)19/h1-7,13-14,16-17,20H,8-12H2,(H,22,23). The molecule has 0 radical (unpaired) electrons. The van der Waals surface area contributed by atoms with Crippen LogP contribution in [0.15, 0.2) is 42.5 Å². The third-order valence-electron chi connectivity index (χ3n) is 6.58. The van der Waals surface area contributed by atoms with E-state index in [0.29, 0.717) is 11.8 Å². The molecule has 2 heteroatoms. The van der Waals surface area contributed by atoms with Crippen LogP contribution < -0.4 is 5.32 Å². The molecule has 2 aromatic carbocycles. The zero-order valence-electron chi connectivity index (χ0n) is 13.4. The van der Waals surface area contributed by atoms with Crippen molar-refractivity contribution in [2.75, 3.05) is 5.32 Å². The molecule has 6 rings (SSSR count). The first-order chi connectivity index (χ1) is 11.3. The predicted octanol–water partition coefficient (Wildman–Crippen LogP) is 4.85. The summed E-state index contributed by atoms with van der Waals surface area (Å²) in [6, 6.07) is 14.5. The van der Waals surface area contributed by atoms with Gasteiger partial charge in [-0.3, -0.25) is 4.79 Å². The third kappa shape index (κ3) is 2.19. The van der Waals surface area contributed by atoms with Gasteiger partial charge in [-0.05, 0) is 67.2 Å². The molecule has 4 aliphatic rings. The van der Waals surface area contributed by atoms with Gasteiger partial charge in [-0.1, -0.05) is 36.4 Å². The third-order valence-corrected chi connectivity index (χ3v) is 6.58. The van der Waals surface area contributed by atoms with E-state index in [2.05, 4.69) is 23.5 Å². The molecule has 0 saturated heterocycles. The van der Waals surface area contributed by atoms with Gasteiger partial charge in [0.05, 0.1) is 0 Å². The quantitative estimate of drug-likeness (QED) is 0.844. The average molecular weight is 305 g/mol. The van der Waals surface area contributed by atoms with Crippen LogP contribution in [0.25, 0.3) is 10.8 Å². The number of carbonyl (C=O) groups is 1. The van der Waals surface area contributed by atoms with Gasteiger partial charge < -0.3 is 5.32 Å². The monoisotopic (exact) mass is 305 g/mol. The molecule has 2 aromatic rings. The highest BCUT2D eigenvalue weighted by atomic mass is 16.1. The van der Waals surface area contributed by atoms with Crippen molar-refractivity contribution in [2.24, 2.45) is 29.6 Å². The van der Waals surface area contributed by atoms with E-state index in [1.165, 1.54) is 37.5 Å². The molecule has 1 N–H and O–H groups in total. The first-order valence-electron chi connectivity index (χ1n) is 9.06. The van der Waals surface area contributed by atoms with E-state index in [4.69, 9.17) is 0 Å². The first-order valence-corrected chi connectivity index (χ1v) is 9.06. The van der Waals surface area contributed by atoms with E-state index in [1.807, 2.05) is 24.3 Å². The van der Waals surface area contributed by atoms with Crippen molar-refractivity contribution in [2.45, 2.75) is 32.1 Å². The van der Waals surface area contributed by atoms with Gasteiger partial charge in [0.2, 0.25) is 5.91 Å². The average Bonchev–Trinajstić information content (AvgIpc) is 2.54. The number of amides is 1. The van der Waals surface area contributed by atoms with Crippen LogP contribution in [0.4, 0.5) is 5.69 Å². The molecule has 4 aliphatic carbocycles. The van der Waals surface area contributed by atoms with Gasteiger partial charge in [0.25, 0.3) is 0 Å². The Labute approximate surface area is 137 Å².